The molecule has 0 aliphatic heterocycles. The summed E-state index contributed by atoms with van der Waals surface area (Å²) in [6, 6.07) is 0. The van der Waals surface area contributed by atoms with Crippen LogP contribution in [0.2, 0.25) is 0 Å². The predicted octanol–water partition coefficient (Wildman–Crippen LogP) is 2.08. The molecule has 0 aliphatic carbocycles. The van der Waals surface area contributed by atoms with Gasteiger partial charge in [0.1, 0.15) is 6.10 Å². The summed E-state index contributed by atoms with van der Waals surface area (Å²) in [6.45, 7) is 7.37. The average Bonchev–Trinajstić information content (AvgIpc) is 2.11. The summed E-state index contributed by atoms with van der Waals surface area (Å²) in [7, 11) is 0. The molecule has 0 rings (SSSR count). The van der Waals surface area contributed by atoms with E-state index in [-0.39, 0.29) is 24.7 Å². The second-order valence-corrected chi connectivity index (χ2v) is 5.81. The fraction of sp³-hybridized carbons (Fsp3) is 1.00. The van der Waals surface area contributed by atoms with Crippen molar-refractivity contribution in [2.75, 3.05) is 0 Å². The van der Waals surface area contributed by atoms with E-state index < -0.39 is 17.7 Å². The third kappa shape index (κ3) is 5.75. The van der Waals surface area contributed by atoms with Gasteiger partial charge in [-0.3, -0.25) is 0 Å². The average molecular weight is 252 g/mol. The van der Waals surface area contributed by atoms with Gasteiger partial charge in [0.05, 0.1) is 5.66 Å². The maximum absolute atomic E-state index is 13.7. The molecule has 17 heavy (non-hydrogen) atoms. The first kappa shape index (κ1) is 16.7. The summed E-state index contributed by atoms with van der Waals surface area (Å²) >= 11 is 0. The van der Waals surface area contributed by atoms with Crippen LogP contribution >= 0.6 is 0 Å². The zero-order valence-corrected chi connectivity index (χ0v) is 11.2. The molecule has 5 N–H and O–H groups in total. The molecule has 0 bridgehead atoms. The monoisotopic (exact) mass is 252 g/mol. The molecule has 0 aliphatic rings. The molecule has 0 spiro atoms. The predicted molar refractivity (Wildman–Crippen MR) is 65.6 cm³/mol. The second-order valence-electron chi connectivity index (χ2n) is 5.81. The van der Waals surface area contributed by atoms with E-state index in [4.69, 9.17) is 11.5 Å². The number of nitrogens with two attached hydrogens (primary N) is 2. The molecule has 0 aromatic heterocycles. The van der Waals surface area contributed by atoms with Crippen LogP contribution < -0.4 is 11.5 Å². The minimum absolute atomic E-state index is 0.0561. The van der Waals surface area contributed by atoms with Crippen LogP contribution in [0.3, 0.4) is 0 Å². The van der Waals surface area contributed by atoms with E-state index in [1.165, 1.54) is 0 Å². The van der Waals surface area contributed by atoms with Crippen molar-refractivity contribution in [3.05, 3.63) is 0 Å². The molecule has 3 nitrogen and oxygen atoms in total. The van der Waals surface area contributed by atoms with E-state index in [2.05, 4.69) is 0 Å². The Labute approximate surface area is 103 Å². The van der Waals surface area contributed by atoms with E-state index in [1.807, 2.05) is 27.7 Å². The fourth-order valence-corrected chi connectivity index (χ4v) is 1.83. The molecule has 0 radical (unpaired) electrons. The number of hydrogen-bond donors (Lipinski definition) is 3. The van der Waals surface area contributed by atoms with E-state index in [0.29, 0.717) is 6.42 Å². The molecule has 5 heteroatoms. The van der Waals surface area contributed by atoms with E-state index >= 15 is 0 Å². The van der Waals surface area contributed by atoms with Gasteiger partial charge in [0, 0.05) is 6.42 Å². The van der Waals surface area contributed by atoms with Gasteiger partial charge in [0.25, 0.3) is 5.92 Å². The number of rotatable bonds is 7. The van der Waals surface area contributed by atoms with E-state index in [1.54, 1.807) is 0 Å². The van der Waals surface area contributed by atoms with Crippen LogP contribution in [0.15, 0.2) is 0 Å². The standard InChI is InChI=1S/C12H26F2N2O/c1-8(2)5-6-11(13,14)10(17)12(15,16)7-9(3)4/h8-10,17H,5-7,15-16H2,1-4H3/t10-/m1/s1. The largest absolute Gasteiger partial charge is 0.383 e. The molecule has 0 heterocycles. The summed E-state index contributed by atoms with van der Waals surface area (Å²) in [5, 5.41) is 9.67. The van der Waals surface area contributed by atoms with Gasteiger partial charge in [-0.05, 0) is 24.7 Å². The van der Waals surface area contributed by atoms with Crippen molar-refractivity contribution in [3.63, 3.8) is 0 Å². The van der Waals surface area contributed by atoms with Crippen LogP contribution in [0.4, 0.5) is 8.78 Å². The first-order valence-electron chi connectivity index (χ1n) is 6.12. The van der Waals surface area contributed by atoms with E-state index in [9.17, 15) is 13.9 Å². The van der Waals surface area contributed by atoms with Gasteiger partial charge in [-0.2, -0.15) is 0 Å². The number of halogens is 2. The Bertz CT molecular complexity index is 231. The maximum atomic E-state index is 13.7. The summed E-state index contributed by atoms with van der Waals surface area (Å²) in [5.74, 6) is -3.02. The van der Waals surface area contributed by atoms with Crippen molar-refractivity contribution >= 4 is 0 Å². The molecule has 1 atom stereocenters. The highest BCUT2D eigenvalue weighted by Gasteiger charge is 2.47. The highest BCUT2D eigenvalue weighted by Crippen LogP contribution is 2.32. The molecule has 0 fully saturated rings. The Hall–Kier alpha value is -0.260. The van der Waals surface area contributed by atoms with Crippen LogP contribution in [0.1, 0.15) is 47.0 Å². The van der Waals surface area contributed by atoms with Crippen molar-refractivity contribution in [2.24, 2.45) is 23.3 Å². The van der Waals surface area contributed by atoms with Crippen LogP contribution in [-0.4, -0.2) is 22.8 Å². The quantitative estimate of drug-likeness (QED) is 0.607. The van der Waals surface area contributed by atoms with Gasteiger partial charge < -0.3 is 16.6 Å². The molecular formula is C12H26F2N2O. The van der Waals surface area contributed by atoms with Gasteiger partial charge in [-0.15, -0.1) is 0 Å². The molecule has 0 saturated heterocycles. The highest BCUT2D eigenvalue weighted by molar-refractivity contribution is 4.94. The van der Waals surface area contributed by atoms with Gasteiger partial charge in [0.15, 0.2) is 0 Å². The Morgan fingerprint density at radius 2 is 1.53 bits per heavy atom. The van der Waals surface area contributed by atoms with Crippen molar-refractivity contribution in [2.45, 2.75) is 64.6 Å². The summed E-state index contributed by atoms with van der Waals surface area (Å²) in [4.78, 5) is 0. The van der Waals surface area contributed by atoms with Crippen LogP contribution in [0, 0.1) is 11.8 Å². The van der Waals surface area contributed by atoms with Gasteiger partial charge in [-0.25, -0.2) is 8.78 Å². The normalized spacial score (nSPS) is 15.7. The molecule has 0 unspecified atom stereocenters. The van der Waals surface area contributed by atoms with Crippen LogP contribution in [0.5, 0.6) is 0 Å². The second kappa shape index (κ2) is 6.07. The van der Waals surface area contributed by atoms with Gasteiger partial charge >= 0.3 is 0 Å². The smallest absolute Gasteiger partial charge is 0.276 e. The molecule has 0 aromatic carbocycles. The Balaban J connectivity index is 4.58. The minimum Gasteiger partial charge on any atom is -0.383 e. The molecule has 0 aromatic rings. The topological polar surface area (TPSA) is 72.3 Å². The maximum Gasteiger partial charge on any atom is 0.276 e. The highest BCUT2D eigenvalue weighted by atomic mass is 19.3. The Morgan fingerprint density at radius 1 is 1.06 bits per heavy atom. The van der Waals surface area contributed by atoms with Gasteiger partial charge in [0.2, 0.25) is 0 Å². The summed E-state index contributed by atoms with van der Waals surface area (Å²) in [5.41, 5.74) is 9.46. The Kier molecular flexibility index (Phi) is 5.98. The fourth-order valence-electron chi connectivity index (χ4n) is 1.83. The SMILES string of the molecule is CC(C)CCC(F)(F)[C@@H](O)C(N)(N)CC(C)C. The third-order valence-corrected chi connectivity index (χ3v) is 2.73. The van der Waals surface area contributed by atoms with Crippen molar-refractivity contribution in [1.82, 2.24) is 0 Å². The lowest BCUT2D eigenvalue weighted by molar-refractivity contribution is -0.146. The first-order valence-corrected chi connectivity index (χ1v) is 6.12. The van der Waals surface area contributed by atoms with Crippen LogP contribution in [-0.2, 0) is 0 Å². The minimum atomic E-state index is -3.23. The molecule has 0 amide bonds. The lowest BCUT2D eigenvalue weighted by atomic mass is 9.88. The van der Waals surface area contributed by atoms with Crippen molar-refractivity contribution < 1.29 is 13.9 Å². The van der Waals surface area contributed by atoms with Crippen molar-refractivity contribution in [1.29, 1.82) is 0 Å². The molecular weight excluding hydrogens is 226 g/mol. The number of hydrogen-bond acceptors (Lipinski definition) is 3. The zero-order chi connectivity index (χ0) is 13.9. The molecule has 104 valence electrons. The van der Waals surface area contributed by atoms with Gasteiger partial charge in [-0.1, -0.05) is 27.7 Å². The lowest BCUT2D eigenvalue weighted by Gasteiger charge is -2.36. The van der Waals surface area contributed by atoms with Crippen LogP contribution in [0.25, 0.3) is 0 Å². The molecule has 0 saturated carbocycles. The zero-order valence-electron chi connectivity index (χ0n) is 11.2. The summed E-state index contributed by atoms with van der Waals surface area (Å²) < 4.78 is 27.4. The number of aliphatic hydroxyl groups is 1. The van der Waals surface area contributed by atoms with Crippen molar-refractivity contribution in [3.8, 4) is 0 Å². The van der Waals surface area contributed by atoms with E-state index in [0.717, 1.165) is 0 Å². The third-order valence-electron chi connectivity index (χ3n) is 2.73. The lowest BCUT2D eigenvalue weighted by Crippen LogP contribution is -2.65. The first-order chi connectivity index (χ1) is 7.49. The number of alkyl halides is 2. The Morgan fingerprint density at radius 3 is 1.88 bits per heavy atom. The summed E-state index contributed by atoms with van der Waals surface area (Å²) in [6.07, 6.45) is -1.90. The number of aliphatic hydroxyl groups excluding tert-OH is 1.